The number of esters is 1. The Kier molecular flexibility index (Phi) is 4.93. The van der Waals surface area contributed by atoms with E-state index in [-0.39, 0.29) is 5.91 Å². The van der Waals surface area contributed by atoms with Gasteiger partial charge in [0.1, 0.15) is 0 Å². The standard InChI is InChI=1S/C16H17NO5/c1-22-16(21)10-6-8-11(9-7-10)17-14(18)12-4-2-3-5-13(12)15(19)20/h2-3,6-9,12-13H,4-5H2,1H3,(H,17,18)(H,19,20)/p-1/t12-,13-/m1/s1. The number of amides is 1. The summed E-state index contributed by atoms with van der Waals surface area (Å²) in [4.78, 5) is 34.7. The van der Waals surface area contributed by atoms with Crippen molar-refractivity contribution in [2.24, 2.45) is 11.8 Å². The molecule has 1 aliphatic rings. The average molecular weight is 302 g/mol. The highest BCUT2D eigenvalue weighted by Crippen LogP contribution is 2.26. The number of ether oxygens (including phenoxy) is 1. The van der Waals surface area contributed by atoms with Gasteiger partial charge in [-0.1, -0.05) is 12.2 Å². The molecule has 0 aromatic heterocycles. The van der Waals surface area contributed by atoms with Crippen molar-refractivity contribution in [1.29, 1.82) is 0 Å². The number of carbonyl (C=O) groups is 3. The Labute approximate surface area is 127 Å². The molecule has 1 amide bonds. The monoisotopic (exact) mass is 302 g/mol. The first-order valence-electron chi connectivity index (χ1n) is 6.88. The average Bonchev–Trinajstić information content (AvgIpc) is 2.54. The maximum Gasteiger partial charge on any atom is 0.337 e. The number of rotatable bonds is 4. The van der Waals surface area contributed by atoms with Gasteiger partial charge in [-0.15, -0.1) is 0 Å². The molecule has 1 aliphatic carbocycles. The van der Waals surface area contributed by atoms with Crippen LogP contribution in [0.25, 0.3) is 0 Å². The van der Waals surface area contributed by atoms with Gasteiger partial charge in [-0.2, -0.15) is 0 Å². The highest BCUT2D eigenvalue weighted by atomic mass is 16.5. The Morgan fingerprint density at radius 1 is 1.09 bits per heavy atom. The summed E-state index contributed by atoms with van der Waals surface area (Å²) < 4.78 is 4.59. The van der Waals surface area contributed by atoms with E-state index in [4.69, 9.17) is 0 Å². The van der Waals surface area contributed by atoms with Gasteiger partial charge in [-0.05, 0) is 37.1 Å². The van der Waals surface area contributed by atoms with E-state index in [0.29, 0.717) is 24.1 Å². The summed E-state index contributed by atoms with van der Waals surface area (Å²) in [6.07, 6.45) is 4.20. The first-order chi connectivity index (χ1) is 10.5. The molecule has 0 bridgehead atoms. The minimum Gasteiger partial charge on any atom is -0.550 e. The van der Waals surface area contributed by atoms with Crippen LogP contribution >= 0.6 is 0 Å². The quantitative estimate of drug-likeness (QED) is 0.654. The summed E-state index contributed by atoms with van der Waals surface area (Å²) in [5, 5.41) is 13.8. The number of aliphatic carboxylic acids is 1. The van der Waals surface area contributed by atoms with Crippen molar-refractivity contribution in [2.75, 3.05) is 12.4 Å². The summed E-state index contributed by atoms with van der Waals surface area (Å²) >= 11 is 0. The Hall–Kier alpha value is -2.63. The van der Waals surface area contributed by atoms with E-state index in [2.05, 4.69) is 10.1 Å². The summed E-state index contributed by atoms with van der Waals surface area (Å²) in [5.74, 6) is -3.53. The van der Waals surface area contributed by atoms with Crippen LogP contribution in [0.15, 0.2) is 36.4 Å². The number of hydrogen-bond donors (Lipinski definition) is 1. The highest BCUT2D eigenvalue weighted by Gasteiger charge is 2.29. The largest absolute Gasteiger partial charge is 0.550 e. The Morgan fingerprint density at radius 2 is 1.68 bits per heavy atom. The topological polar surface area (TPSA) is 95.5 Å². The molecule has 0 radical (unpaired) electrons. The number of carboxylic acids is 1. The van der Waals surface area contributed by atoms with Crippen molar-refractivity contribution in [3.05, 3.63) is 42.0 Å². The smallest absolute Gasteiger partial charge is 0.337 e. The van der Waals surface area contributed by atoms with Gasteiger partial charge in [-0.3, -0.25) is 4.79 Å². The fourth-order valence-electron chi connectivity index (χ4n) is 2.41. The SMILES string of the molecule is COC(=O)c1ccc(NC(=O)[C@@H]2CC=CC[C@H]2C(=O)[O-])cc1. The second-order valence-electron chi connectivity index (χ2n) is 5.03. The van der Waals surface area contributed by atoms with Gasteiger partial charge in [0.2, 0.25) is 5.91 Å². The second-order valence-corrected chi connectivity index (χ2v) is 5.03. The maximum absolute atomic E-state index is 12.2. The highest BCUT2D eigenvalue weighted by molar-refractivity contribution is 5.96. The first kappa shape index (κ1) is 15.8. The van der Waals surface area contributed by atoms with Crippen molar-refractivity contribution in [3.63, 3.8) is 0 Å². The van der Waals surface area contributed by atoms with Crippen molar-refractivity contribution >= 4 is 23.5 Å². The minimum absolute atomic E-state index is 0.293. The van der Waals surface area contributed by atoms with E-state index in [9.17, 15) is 19.5 Å². The molecule has 0 heterocycles. The van der Waals surface area contributed by atoms with E-state index in [1.165, 1.54) is 19.2 Å². The number of benzene rings is 1. The zero-order valence-corrected chi connectivity index (χ0v) is 12.1. The lowest BCUT2D eigenvalue weighted by atomic mass is 9.82. The second kappa shape index (κ2) is 6.89. The van der Waals surface area contributed by atoms with Gasteiger partial charge in [0.15, 0.2) is 0 Å². The summed E-state index contributed by atoms with van der Waals surface area (Å²) in [5.41, 5.74) is 0.859. The van der Waals surface area contributed by atoms with Gasteiger partial charge in [0.05, 0.1) is 18.6 Å². The third-order valence-corrected chi connectivity index (χ3v) is 3.65. The van der Waals surface area contributed by atoms with Crippen LogP contribution in [0.3, 0.4) is 0 Å². The molecule has 0 spiro atoms. The number of methoxy groups -OCH3 is 1. The molecule has 0 saturated carbocycles. The molecule has 6 nitrogen and oxygen atoms in total. The molecule has 6 heteroatoms. The number of hydrogen-bond acceptors (Lipinski definition) is 5. The molecule has 1 aromatic carbocycles. The van der Waals surface area contributed by atoms with Gasteiger partial charge in [0.25, 0.3) is 0 Å². The van der Waals surface area contributed by atoms with E-state index in [1.807, 2.05) is 0 Å². The molecule has 2 atom stereocenters. The lowest BCUT2D eigenvalue weighted by molar-refractivity contribution is -0.313. The number of nitrogens with one attached hydrogen (secondary N) is 1. The molecule has 0 unspecified atom stereocenters. The lowest BCUT2D eigenvalue weighted by Gasteiger charge is -2.28. The fourth-order valence-corrected chi connectivity index (χ4v) is 2.41. The van der Waals surface area contributed by atoms with Crippen LogP contribution in [0.1, 0.15) is 23.2 Å². The third kappa shape index (κ3) is 3.52. The van der Waals surface area contributed by atoms with E-state index < -0.39 is 23.8 Å². The normalized spacial score (nSPS) is 20.2. The Balaban J connectivity index is 2.06. The van der Waals surface area contributed by atoms with Crippen molar-refractivity contribution in [1.82, 2.24) is 0 Å². The first-order valence-corrected chi connectivity index (χ1v) is 6.88. The van der Waals surface area contributed by atoms with Crippen LogP contribution < -0.4 is 10.4 Å². The summed E-state index contributed by atoms with van der Waals surface area (Å²) in [7, 11) is 1.29. The van der Waals surface area contributed by atoms with Crippen LogP contribution in [0, 0.1) is 11.8 Å². The number of carbonyl (C=O) groups excluding carboxylic acids is 3. The number of allylic oxidation sites excluding steroid dienone is 2. The molecule has 22 heavy (non-hydrogen) atoms. The van der Waals surface area contributed by atoms with E-state index in [0.717, 1.165) is 0 Å². The van der Waals surface area contributed by atoms with Gasteiger partial charge in [0, 0.05) is 17.6 Å². The number of anilines is 1. The van der Waals surface area contributed by atoms with Gasteiger partial charge >= 0.3 is 5.97 Å². The van der Waals surface area contributed by atoms with Crippen LogP contribution in [-0.2, 0) is 14.3 Å². The van der Waals surface area contributed by atoms with Gasteiger partial charge < -0.3 is 20.0 Å². The van der Waals surface area contributed by atoms with Crippen molar-refractivity contribution in [3.8, 4) is 0 Å². The van der Waals surface area contributed by atoms with Crippen molar-refractivity contribution < 1.29 is 24.2 Å². The maximum atomic E-state index is 12.2. The predicted octanol–water partition coefficient (Wildman–Crippen LogP) is 0.744. The Bertz CT molecular complexity index is 605. The molecule has 1 aromatic rings. The third-order valence-electron chi connectivity index (χ3n) is 3.65. The van der Waals surface area contributed by atoms with Crippen LogP contribution in [0.5, 0.6) is 0 Å². The molecular weight excluding hydrogens is 286 g/mol. The molecule has 0 fully saturated rings. The Morgan fingerprint density at radius 3 is 2.23 bits per heavy atom. The van der Waals surface area contributed by atoms with Crippen LogP contribution in [0.2, 0.25) is 0 Å². The molecule has 0 aliphatic heterocycles. The molecule has 1 N–H and O–H groups in total. The zero-order chi connectivity index (χ0) is 16.1. The van der Waals surface area contributed by atoms with Crippen LogP contribution in [0.4, 0.5) is 5.69 Å². The number of carboxylic acid groups (broad SMARTS) is 1. The lowest BCUT2D eigenvalue weighted by Crippen LogP contribution is -2.41. The van der Waals surface area contributed by atoms with E-state index >= 15 is 0 Å². The van der Waals surface area contributed by atoms with Crippen LogP contribution in [-0.4, -0.2) is 25.0 Å². The fraction of sp³-hybridized carbons (Fsp3) is 0.312. The molecule has 2 rings (SSSR count). The van der Waals surface area contributed by atoms with E-state index in [1.54, 1.807) is 24.3 Å². The molecule has 116 valence electrons. The van der Waals surface area contributed by atoms with Crippen molar-refractivity contribution in [2.45, 2.75) is 12.8 Å². The minimum atomic E-state index is -1.22. The zero-order valence-electron chi connectivity index (χ0n) is 12.1. The molecular formula is C16H16NO5-. The summed E-state index contributed by atoms with van der Waals surface area (Å²) in [6, 6.07) is 6.19. The predicted molar refractivity (Wildman–Crippen MR) is 76.8 cm³/mol. The summed E-state index contributed by atoms with van der Waals surface area (Å²) in [6.45, 7) is 0. The van der Waals surface area contributed by atoms with Gasteiger partial charge in [-0.25, -0.2) is 4.79 Å². The molecule has 0 saturated heterocycles.